The molecule has 3 rings (SSSR count). The molecule has 4 heteroatoms. The number of hydrogen-bond acceptors (Lipinski definition) is 4. The minimum atomic E-state index is 0. The fraction of sp³-hybridized carbons (Fsp3) is 0.429. The van der Waals surface area contributed by atoms with Crippen LogP contribution in [0, 0.1) is 0 Å². The number of thiophene rings is 1. The van der Waals surface area contributed by atoms with Gasteiger partial charge in [-0.3, -0.25) is 9.97 Å². The van der Waals surface area contributed by atoms with E-state index in [1.165, 1.54) is 0 Å². The van der Waals surface area contributed by atoms with E-state index >= 15 is 0 Å². The molecule has 0 aliphatic rings. The van der Waals surface area contributed by atoms with Gasteiger partial charge in [0, 0.05) is 24.0 Å². The second kappa shape index (κ2) is 49.5. The van der Waals surface area contributed by atoms with Gasteiger partial charge in [-0.1, -0.05) is 82.0 Å². The smallest absolute Gasteiger partial charge is 0.0791 e. The molecular formula is C21H42N2S2. The number of pyridine rings is 1. The molecule has 0 aliphatic heterocycles. The maximum atomic E-state index is 3.78. The fourth-order valence-electron chi connectivity index (χ4n) is 0.715. The van der Waals surface area contributed by atoms with Crippen molar-refractivity contribution in [2.24, 2.45) is 0 Å². The van der Waals surface area contributed by atoms with Gasteiger partial charge < -0.3 is 0 Å². The van der Waals surface area contributed by atoms with Gasteiger partial charge in [0.15, 0.2) is 0 Å². The highest BCUT2D eigenvalue weighted by atomic mass is 32.1. The van der Waals surface area contributed by atoms with Crippen LogP contribution in [-0.2, 0) is 0 Å². The molecule has 3 aromatic rings. The van der Waals surface area contributed by atoms with E-state index in [1.807, 2.05) is 88.0 Å². The van der Waals surface area contributed by atoms with E-state index in [4.69, 9.17) is 0 Å². The number of thiazole rings is 1. The van der Waals surface area contributed by atoms with Crippen LogP contribution in [0.4, 0.5) is 0 Å². The van der Waals surface area contributed by atoms with Gasteiger partial charge in [0.05, 0.1) is 5.51 Å². The summed E-state index contributed by atoms with van der Waals surface area (Å²) in [4.78, 5) is 7.53. The van der Waals surface area contributed by atoms with Gasteiger partial charge in [0.2, 0.25) is 0 Å². The first-order valence-corrected chi connectivity index (χ1v) is 9.53. The molecule has 25 heavy (non-hydrogen) atoms. The van der Waals surface area contributed by atoms with Crippen molar-refractivity contribution < 1.29 is 0 Å². The molecule has 0 bridgehead atoms. The average molecular weight is 387 g/mol. The summed E-state index contributed by atoms with van der Waals surface area (Å²) in [6, 6.07) is 9.75. The van der Waals surface area contributed by atoms with Gasteiger partial charge in [-0.05, 0) is 22.9 Å². The average Bonchev–Trinajstić information content (AvgIpc) is 3.40. The summed E-state index contributed by atoms with van der Waals surface area (Å²) in [7, 11) is 0. The van der Waals surface area contributed by atoms with Crippen molar-refractivity contribution in [2.45, 2.75) is 63.8 Å². The minimum Gasteiger partial charge on any atom is -0.265 e. The number of rotatable bonds is 0. The summed E-state index contributed by atoms with van der Waals surface area (Å²) < 4.78 is 0. The van der Waals surface area contributed by atoms with E-state index in [0.29, 0.717) is 0 Å². The maximum Gasteiger partial charge on any atom is 0.0791 e. The molecule has 0 unspecified atom stereocenters. The first-order valence-electron chi connectivity index (χ1n) is 7.64. The zero-order valence-electron chi connectivity index (χ0n) is 14.6. The second-order valence-electron chi connectivity index (χ2n) is 2.49. The molecule has 2 nitrogen and oxygen atoms in total. The van der Waals surface area contributed by atoms with E-state index in [0.717, 1.165) is 0 Å². The molecule has 3 heterocycles. The molecule has 148 valence electrons. The Morgan fingerprint density at radius 2 is 0.960 bits per heavy atom. The Labute approximate surface area is 167 Å². The summed E-state index contributed by atoms with van der Waals surface area (Å²) in [6.45, 7) is 12.0. The van der Waals surface area contributed by atoms with Crippen LogP contribution in [0.3, 0.4) is 0 Å². The molecule has 0 N–H and O–H groups in total. The van der Waals surface area contributed by atoms with Crippen molar-refractivity contribution in [3.05, 3.63) is 70.6 Å². The van der Waals surface area contributed by atoms with Crippen molar-refractivity contribution >= 4 is 22.7 Å². The van der Waals surface area contributed by atoms with Crippen molar-refractivity contribution in [1.82, 2.24) is 9.97 Å². The lowest BCUT2D eigenvalue weighted by atomic mass is 10.5. The van der Waals surface area contributed by atoms with Crippen molar-refractivity contribution in [3.63, 3.8) is 0 Å². The van der Waals surface area contributed by atoms with Crippen LogP contribution >= 0.6 is 22.7 Å². The summed E-state index contributed by atoms with van der Waals surface area (Å²) in [5, 5.41) is 6.01. The zero-order valence-corrected chi connectivity index (χ0v) is 16.3. The molecule has 0 aliphatic carbocycles. The van der Waals surface area contributed by atoms with Crippen LogP contribution in [0.1, 0.15) is 63.8 Å². The first-order chi connectivity index (χ1) is 11.0. The summed E-state index contributed by atoms with van der Waals surface area (Å²) in [6.07, 6.45) is 5.27. The van der Waals surface area contributed by atoms with Gasteiger partial charge in [0.1, 0.15) is 0 Å². The highest BCUT2D eigenvalue weighted by molar-refractivity contribution is 7.07. The Morgan fingerprint density at radius 1 is 0.480 bits per heavy atom. The quantitative estimate of drug-likeness (QED) is 0.385. The molecule has 0 spiro atoms. The Bertz CT molecular complexity index is 311. The topological polar surface area (TPSA) is 25.8 Å². The van der Waals surface area contributed by atoms with Gasteiger partial charge in [-0.15, -0.1) is 11.3 Å². The SMILES string of the molecule is C.C.C.CC.CC.CC.c1ccncc1.c1ccsc1.c1cscn1. The number of aromatic nitrogens is 2. The molecule has 0 saturated carbocycles. The van der Waals surface area contributed by atoms with Gasteiger partial charge in [0.25, 0.3) is 0 Å². The summed E-state index contributed by atoms with van der Waals surface area (Å²) in [5.41, 5.74) is 1.79. The molecule has 0 saturated heterocycles. The van der Waals surface area contributed by atoms with Gasteiger partial charge in [-0.25, -0.2) is 0 Å². The highest BCUT2D eigenvalue weighted by Crippen LogP contribution is 1.91. The van der Waals surface area contributed by atoms with E-state index in [1.54, 1.807) is 46.8 Å². The van der Waals surface area contributed by atoms with E-state index < -0.39 is 0 Å². The Kier molecular flexibility index (Phi) is 76.8. The molecule has 0 atom stereocenters. The van der Waals surface area contributed by atoms with Gasteiger partial charge >= 0.3 is 0 Å². The van der Waals surface area contributed by atoms with Crippen LogP contribution in [0.15, 0.2) is 70.6 Å². The maximum absolute atomic E-state index is 3.78. The van der Waals surface area contributed by atoms with Crippen molar-refractivity contribution in [2.75, 3.05) is 0 Å². The first kappa shape index (κ1) is 38.8. The third-order valence-electron chi connectivity index (χ3n) is 1.34. The fourth-order valence-corrected chi connectivity index (χ4v) is 1.52. The third-order valence-corrected chi connectivity index (χ3v) is 2.49. The summed E-state index contributed by atoms with van der Waals surface area (Å²) >= 11 is 3.31. The highest BCUT2D eigenvalue weighted by Gasteiger charge is 1.60. The predicted molar refractivity (Wildman–Crippen MR) is 125 cm³/mol. The molecule has 0 fully saturated rings. The van der Waals surface area contributed by atoms with Crippen LogP contribution in [0.25, 0.3) is 0 Å². The zero-order chi connectivity index (χ0) is 17.3. The number of hydrogen-bond donors (Lipinski definition) is 0. The van der Waals surface area contributed by atoms with E-state index in [9.17, 15) is 0 Å². The summed E-state index contributed by atoms with van der Waals surface area (Å²) in [5.74, 6) is 0. The second-order valence-corrected chi connectivity index (χ2v) is 4.07. The monoisotopic (exact) mass is 386 g/mol. The molecule has 0 radical (unpaired) electrons. The largest absolute Gasteiger partial charge is 0.265 e. The third kappa shape index (κ3) is 45.0. The van der Waals surface area contributed by atoms with Crippen LogP contribution in [0.2, 0.25) is 0 Å². The standard InChI is InChI=1S/C5H5N.C4H4S.C3H3NS.3C2H6.3CH4/c1-2-4-6-5-3-1;1-2-4-5-3-1;1-2-5-3-4-1;3*1-2;;;/h1-5H;1-4H;1-3H;3*1-2H3;3*1H4. The van der Waals surface area contributed by atoms with Crippen molar-refractivity contribution in [1.29, 1.82) is 0 Å². The van der Waals surface area contributed by atoms with Crippen LogP contribution < -0.4 is 0 Å². The molecular weight excluding hydrogens is 344 g/mol. The minimum absolute atomic E-state index is 0. The molecule has 3 aromatic heterocycles. The lowest BCUT2D eigenvalue weighted by Crippen LogP contribution is -1.58. The predicted octanol–water partition coefficient (Wildman–Crippen LogP) is 8.96. The van der Waals surface area contributed by atoms with Gasteiger partial charge in [-0.2, -0.15) is 11.3 Å². The molecule has 0 aromatic carbocycles. The van der Waals surface area contributed by atoms with Crippen LogP contribution in [-0.4, -0.2) is 9.97 Å². The lowest BCUT2D eigenvalue weighted by molar-refractivity contribution is 1.33. The van der Waals surface area contributed by atoms with E-state index in [-0.39, 0.29) is 22.3 Å². The van der Waals surface area contributed by atoms with Crippen molar-refractivity contribution in [3.8, 4) is 0 Å². The van der Waals surface area contributed by atoms with Crippen LogP contribution in [0.5, 0.6) is 0 Å². The van der Waals surface area contributed by atoms with E-state index in [2.05, 4.69) is 9.97 Å². The Balaban J connectivity index is -0.0000000449. The lowest BCUT2D eigenvalue weighted by Gasteiger charge is -1.70. The molecule has 0 amide bonds. The Morgan fingerprint density at radius 3 is 1.08 bits per heavy atom. The number of nitrogens with zero attached hydrogens (tertiary/aromatic N) is 2. The normalized spacial score (nSPS) is 5.84. The Hall–Kier alpha value is -1.52.